The molecule has 0 radical (unpaired) electrons. The summed E-state index contributed by atoms with van der Waals surface area (Å²) >= 11 is 1.22. The lowest BCUT2D eigenvalue weighted by atomic mass is 10.2. The molecule has 1 saturated heterocycles. The number of rotatable bonds is 6. The molecule has 1 aliphatic heterocycles. The minimum atomic E-state index is 0.521. The van der Waals surface area contributed by atoms with Gasteiger partial charge in [0.2, 0.25) is 5.82 Å². The molecule has 1 aromatic heterocycles. The second-order valence-corrected chi connectivity index (χ2v) is 6.94. The topological polar surface area (TPSA) is 41.5 Å². The predicted octanol–water partition coefficient (Wildman–Crippen LogP) is 3.44. The van der Waals surface area contributed by atoms with Crippen LogP contribution in [-0.4, -0.2) is 39.8 Å². The molecule has 0 aliphatic carbocycles. The van der Waals surface area contributed by atoms with Crippen LogP contribution in [-0.2, 0) is 13.2 Å². The Balaban J connectivity index is 1.33. The second kappa shape index (κ2) is 8.29. The minimum Gasteiger partial charge on any atom is -0.470 e. The molecule has 1 aliphatic rings. The summed E-state index contributed by atoms with van der Waals surface area (Å²) < 4.78 is 14.7. The molecular weight excluding hydrogens is 344 g/mol. The Kier molecular flexibility index (Phi) is 5.42. The highest BCUT2D eigenvalue weighted by Gasteiger charge is 2.23. The van der Waals surface area contributed by atoms with Crippen LogP contribution < -0.4 is 9.64 Å². The van der Waals surface area contributed by atoms with E-state index in [9.17, 15) is 0 Å². The summed E-state index contributed by atoms with van der Waals surface area (Å²) in [6, 6.07) is 20.8. The molecule has 0 N–H and O–H groups in total. The maximum atomic E-state index is 5.92. The van der Waals surface area contributed by atoms with Crippen molar-refractivity contribution in [3.8, 4) is 5.88 Å². The average molecular weight is 366 g/mol. The number of hydrogen-bond acceptors (Lipinski definition) is 6. The van der Waals surface area contributed by atoms with E-state index in [2.05, 4.69) is 61.0 Å². The van der Waals surface area contributed by atoms with Crippen molar-refractivity contribution < 1.29 is 4.74 Å². The number of hydrogen-bond donors (Lipinski definition) is 0. The van der Waals surface area contributed by atoms with Gasteiger partial charge in [0.05, 0.1) is 11.7 Å². The van der Waals surface area contributed by atoms with Crippen LogP contribution >= 0.6 is 11.7 Å². The summed E-state index contributed by atoms with van der Waals surface area (Å²) in [4.78, 5) is 4.77. The zero-order valence-corrected chi connectivity index (χ0v) is 15.4. The summed E-state index contributed by atoms with van der Waals surface area (Å²) in [5, 5.41) is 0. The van der Waals surface area contributed by atoms with E-state index in [0.717, 1.165) is 44.1 Å². The fourth-order valence-corrected chi connectivity index (χ4v) is 3.67. The maximum Gasteiger partial charge on any atom is 0.271 e. The first-order valence-electron chi connectivity index (χ1n) is 8.89. The van der Waals surface area contributed by atoms with E-state index in [1.165, 1.54) is 17.3 Å². The average Bonchev–Trinajstić information content (AvgIpc) is 3.17. The van der Waals surface area contributed by atoms with Gasteiger partial charge in [0.25, 0.3) is 5.88 Å². The number of ether oxygens (including phenoxy) is 1. The highest BCUT2D eigenvalue weighted by Crippen LogP contribution is 2.27. The molecule has 4 rings (SSSR count). The third-order valence-corrected chi connectivity index (χ3v) is 5.08. The highest BCUT2D eigenvalue weighted by molar-refractivity contribution is 6.99. The third-order valence-electron chi connectivity index (χ3n) is 4.58. The quantitative estimate of drug-likeness (QED) is 0.668. The number of aromatic nitrogens is 2. The Morgan fingerprint density at radius 2 is 1.46 bits per heavy atom. The van der Waals surface area contributed by atoms with Crippen LogP contribution in [0.15, 0.2) is 60.7 Å². The van der Waals surface area contributed by atoms with Crippen molar-refractivity contribution in [1.82, 2.24) is 13.6 Å². The van der Waals surface area contributed by atoms with Gasteiger partial charge in [-0.2, -0.15) is 4.37 Å². The molecule has 0 unspecified atom stereocenters. The van der Waals surface area contributed by atoms with Crippen molar-refractivity contribution in [3.63, 3.8) is 0 Å². The number of anilines is 1. The van der Waals surface area contributed by atoms with Crippen molar-refractivity contribution >= 4 is 17.5 Å². The van der Waals surface area contributed by atoms with E-state index in [0.29, 0.717) is 12.5 Å². The van der Waals surface area contributed by atoms with Gasteiger partial charge < -0.3 is 9.64 Å². The molecule has 6 heteroatoms. The van der Waals surface area contributed by atoms with Gasteiger partial charge in [-0.3, -0.25) is 4.90 Å². The Morgan fingerprint density at radius 3 is 2.15 bits per heavy atom. The van der Waals surface area contributed by atoms with Crippen molar-refractivity contribution in [2.24, 2.45) is 0 Å². The van der Waals surface area contributed by atoms with Crippen LogP contribution in [0.3, 0.4) is 0 Å². The summed E-state index contributed by atoms with van der Waals surface area (Å²) in [6.07, 6.45) is 0. The van der Waals surface area contributed by atoms with Crippen LogP contribution in [0.2, 0.25) is 0 Å². The molecule has 0 saturated carbocycles. The first kappa shape index (κ1) is 17.0. The monoisotopic (exact) mass is 366 g/mol. The van der Waals surface area contributed by atoms with E-state index in [4.69, 9.17) is 4.74 Å². The molecule has 0 bridgehead atoms. The van der Waals surface area contributed by atoms with Gasteiger partial charge in [-0.05, 0) is 11.1 Å². The van der Waals surface area contributed by atoms with Gasteiger partial charge in [0, 0.05) is 32.7 Å². The molecule has 0 atom stereocenters. The van der Waals surface area contributed by atoms with Gasteiger partial charge in [0.15, 0.2) is 0 Å². The Labute approximate surface area is 158 Å². The molecule has 134 valence electrons. The summed E-state index contributed by atoms with van der Waals surface area (Å²) in [6.45, 7) is 5.45. The van der Waals surface area contributed by atoms with Crippen LogP contribution in [0.5, 0.6) is 5.88 Å². The van der Waals surface area contributed by atoms with Gasteiger partial charge in [-0.1, -0.05) is 60.7 Å². The van der Waals surface area contributed by atoms with Gasteiger partial charge >= 0.3 is 0 Å². The normalized spacial score (nSPS) is 15.2. The van der Waals surface area contributed by atoms with E-state index in [1.807, 2.05) is 18.2 Å². The lowest BCUT2D eigenvalue weighted by molar-refractivity contribution is 0.247. The number of nitrogens with zero attached hydrogens (tertiary/aromatic N) is 4. The van der Waals surface area contributed by atoms with Crippen LogP contribution in [0, 0.1) is 0 Å². The summed E-state index contributed by atoms with van der Waals surface area (Å²) in [5.41, 5.74) is 2.50. The number of piperazine rings is 1. The molecule has 2 aromatic carbocycles. The molecule has 26 heavy (non-hydrogen) atoms. The number of benzene rings is 2. The van der Waals surface area contributed by atoms with Gasteiger partial charge in [0.1, 0.15) is 6.61 Å². The van der Waals surface area contributed by atoms with E-state index < -0.39 is 0 Å². The van der Waals surface area contributed by atoms with Crippen LogP contribution in [0.1, 0.15) is 11.1 Å². The molecule has 5 nitrogen and oxygen atoms in total. The predicted molar refractivity (Wildman–Crippen MR) is 105 cm³/mol. The van der Waals surface area contributed by atoms with Crippen molar-refractivity contribution in [2.75, 3.05) is 31.1 Å². The zero-order valence-electron chi connectivity index (χ0n) is 14.6. The van der Waals surface area contributed by atoms with Crippen LogP contribution in [0.25, 0.3) is 0 Å². The van der Waals surface area contributed by atoms with Crippen molar-refractivity contribution in [1.29, 1.82) is 0 Å². The molecule has 1 fully saturated rings. The largest absolute Gasteiger partial charge is 0.470 e. The van der Waals surface area contributed by atoms with E-state index in [1.54, 1.807) is 0 Å². The summed E-state index contributed by atoms with van der Waals surface area (Å²) in [5.74, 6) is 1.53. The Bertz CT molecular complexity index is 801. The fraction of sp³-hybridized carbons (Fsp3) is 0.300. The molecule has 0 spiro atoms. The first-order valence-corrected chi connectivity index (χ1v) is 9.62. The third kappa shape index (κ3) is 4.20. The zero-order chi connectivity index (χ0) is 17.6. The van der Waals surface area contributed by atoms with Crippen molar-refractivity contribution in [2.45, 2.75) is 13.2 Å². The second-order valence-electron chi connectivity index (χ2n) is 6.42. The SMILES string of the molecule is c1ccc(COc2nsnc2N2CCN(Cc3ccccc3)CC2)cc1. The van der Waals surface area contributed by atoms with Crippen molar-refractivity contribution in [3.05, 3.63) is 71.8 Å². The molecule has 2 heterocycles. The highest BCUT2D eigenvalue weighted by atomic mass is 32.1. The first-order chi connectivity index (χ1) is 12.9. The van der Waals surface area contributed by atoms with Gasteiger partial charge in [-0.25, -0.2) is 0 Å². The maximum absolute atomic E-state index is 5.92. The smallest absolute Gasteiger partial charge is 0.271 e. The summed E-state index contributed by atoms with van der Waals surface area (Å²) in [7, 11) is 0. The Morgan fingerprint density at radius 1 is 0.808 bits per heavy atom. The van der Waals surface area contributed by atoms with Gasteiger partial charge in [-0.15, -0.1) is 4.37 Å². The van der Waals surface area contributed by atoms with Crippen LogP contribution in [0.4, 0.5) is 5.82 Å². The fourth-order valence-electron chi connectivity index (χ4n) is 3.15. The molecular formula is C20H22N4OS. The standard InChI is InChI=1S/C20H22N4OS/c1-3-7-17(8-4-1)15-23-11-13-24(14-12-23)19-20(22-26-21-19)25-16-18-9-5-2-6-10-18/h1-10H,11-16H2. The van der Waals surface area contributed by atoms with E-state index >= 15 is 0 Å². The lowest BCUT2D eigenvalue weighted by Crippen LogP contribution is -2.46. The van der Waals surface area contributed by atoms with E-state index in [-0.39, 0.29) is 0 Å². The molecule has 0 amide bonds. The minimum absolute atomic E-state index is 0.521. The molecule has 3 aromatic rings. The lowest BCUT2D eigenvalue weighted by Gasteiger charge is -2.34. The Hall–Kier alpha value is -2.44.